The number of hydrogen-bond donors (Lipinski definition) is 2. The minimum Gasteiger partial charge on any atom is -0.495 e. The Balaban J connectivity index is 0.000000614. The zero-order valence-electron chi connectivity index (χ0n) is 31.1. The van der Waals surface area contributed by atoms with Crippen LogP contribution in [0.2, 0.25) is 0 Å². The summed E-state index contributed by atoms with van der Waals surface area (Å²) in [7, 11) is 3.85. The summed E-state index contributed by atoms with van der Waals surface area (Å²) in [6, 6.07) is 0. The van der Waals surface area contributed by atoms with Crippen molar-refractivity contribution >= 4 is 5.78 Å². The fourth-order valence-corrected chi connectivity index (χ4v) is 9.56. The Morgan fingerprint density at radius 2 is 1.78 bits per heavy atom. The third-order valence-corrected chi connectivity index (χ3v) is 12.2. The summed E-state index contributed by atoms with van der Waals surface area (Å²) in [5, 5.41) is 8.20. The smallest absolute Gasteiger partial charge is 0.130 e. The summed E-state index contributed by atoms with van der Waals surface area (Å²) < 4.78 is 6.26. The molecule has 4 aliphatic rings. The lowest BCUT2D eigenvalue weighted by atomic mass is 9.47. The second-order valence-electron chi connectivity index (χ2n) is 16.3. The first-order chi connectivity index (χ1) is 21.2. The van der Waals surface area contributed by atoms with Crippen LogP contribution in [0.15, 0.2) is 24.0 Å². The minimum atomic E-state index is 0.218. The predicted molar refractivity (Wildman–Crippen MR) is 192 cm³/mol. The molecule has 0 aromatic rings. The molecule has 0 aromatic heterocycles. The van der Waals surface area contributed by atoms with Crippen LogP contribution in [0.4, 0.5) is 0 Å². The maximum atomic E-state index is 11.3. The van der Waals surface area contributed by atoms with Gasteiger partial charge in [0.05, 0.1) is 12.4 Å². The number of carbonyl (C=O) groups excluding carboxylic acids is 1. The zero-order valence-corrected chi connectivity index (χ0v) is 31.1. The number of carbonyl (C=O) groups is 1. The topological polar surface area (TPSA) is 75.8 Å². The van der Waals surface area contributed by atoms with E-state index in [4.69, 9.17) is 15.6 Å². The highest BCUT2D eigenvalue weighted by Crippen LogP contribution is 2.67. The van der Waals surface area contributed by atoms with E-state index in [1.54, 1.807) is 12.5 Å². The van der Waals surface area contributed by atoms with Gasteiger partial charge in [-0.15, -0.1) is 0 Å². The summed E-state index contributed by atoms with van der Waals surface area (Å²) >= 11 is 0. The van der Waals surface area contributed by atoms with Gasteiger partial charge in [-0.2, -0.15) is 0 Å². The average Bonchev–Trinajstić information content (AvgIpc) is 3.34. The maximum Gasteiger partial charge on any atom is 0.130 e. The highest BCUT2D eigenvalue weighted by Gasteiger charge is 2.59. The highest BCUT2D eigenvalue weighted by molar-refractivity contribution is 5.75. The summed E-state index contributed by atoms with van der Waals surface area (Å²) in [6.45, 7) is 22.3. The number of aliphatic hydroxyl groups excluding tert-OH is 1. The Kier molecular flexibility index (Phi) is 16.9. The minimum absolute atomic E-state index is 0.218. The van der Waals surface area contributed by atoms with Crippen LogP contribution in [0.3, 0.4) is 0 Å². The Bertz CT molecular complexity index is 927. The molecule has 262 valence electrons. The van der Waals surface area contributed by atoms with Crippen molar-refractivity contribution in [3.8, 4) is 0 Å². The Labute approximate surface area is 279 Å². The number of aliphatic hydroxyl groups is 1. The molecule has 8 atom stereocenters. The van der Waals surface area contributed by atoms with Crippen molar-refractivity contribution < 1.29 is 14.6 Å². The zero-order chi connectivity index (χ0) is 33.8. The summed E-state index contributed by atoms with van der Waals surface area (Å²) in [4.78, 5) is 13.3. The quantitative estimate of drug-likeness (QED) is 0.157. The fourth-order valence-electron chi connectivity index (χ4n) is 9.56. The molecule has 5 heteroatoms. The molecule has 0 heterocycles. The van der Waals surface area contributed by atoms with E-state index in [9.17, 15) is 4.79 Å². The van der Waals surface area contributed by atoms with Gasteiger partial charge in [-0.1, -0.05) is 79.0 Å². The van der Waals surface area contributed by atoms with Gasteiger partial charge in [-0.25, -0.2) is 0 Å². The fraction of sp³-hybridized carbons (Fsp3) is 0.875. The number of nitrogens with zero attached hydrogens (tertiary/aromatic N) is 1. The van der Waals surface area contributed by atoms with E-state index < -0.39 is 0 Å². The summed E-state index contributed by atoms with van der Waals surface area (Å²) in [6.07, 6.45) is 20.0. The van der Waals surface area contributed by atoms with Crippen LogP contribution in [0.5, 0.6) is 0 Å². The Morgan fingerprint density at radius 1 is 1.09 bits per heavy atom. The van der Waals surface area contributed by atoms with E-state index in [0.29, 0.717) is 23.7 Å². The second-order valence-corrected chi connectivity index (χ2v) is 16.3. The SMILES string of the molecule is C=C(CCC(C)=O)OC1CCC2(C)C(=CCC3C2CCC2(C)C(C(C)CCCC(C)C)CCC32)C1.CCCN.CN(C)CCO. The number of ketones is 1. The van der Waals surface area contributed by atoms with Gasteiger partial charge >= 0.3 is 0 Å². The molecule has 3 N–H and O–H groups in total. The number of fused-ring (bicyclic) bond motifs is 5. The Morgan fingerprint density at radius 3 is 2.33 bits per heavy atom. The van der Waals surface area contributed by atoms with Gasteiger partial charge in [-0.3, -0.25) is 0 Å². The molecule has 4 rings (SSSR count). The standard InChI is InChI=1S/C33H54O2.C4H11NO.C3H9N/c1-22(2)9-8-10-23(3)29-15-16-30-28-14-13-26-21-27(35-25(5)12-11-24(4)34)17-19-32(26,6)31(28)18-20-33(29,30)7;1-5(2)3-4-6;1-2-3-4/h13,22-23,27-31H,5,8-12,14-21H2,1-4,6-7H3;6H,3-4H2,1-2H3;2-4H2,1H3. The maximum absolute atomic E-state index is 11.3. The molecule has 3 saturated carbocycles. The molecule has 3 fully saturated rings. The van der Waals surface area contributed by atoms with Gasteiger partial charge in [0, 0.05) is 25.8 Å². The molecule has 5 nitrogen and oxygen atoms in total. The molecule has 0 spiro atoms. The molecule has 4 aliphatic carbocycles. The first-order valence-electron chi connectivity index (χ1n) is 18.7. The van der Waals surface area contributed by atoms with E-state index in [2.05, 4.69) is 54.2 Å². The molecule has 0 amide bonds. The van der Waals surface area contributed by atoms with Crippen molar-refractivity contribution in [2.45, 2.75) is 144 Å². The van der Waals surface area contributed by atoms with Crippen molar-refractivity contribution in [2.75, 3.05) is 33.8 Å². The van der Waals surface area contributed by atoms with Crippen LogP contribution in [-0.2, 0) is 9.53 Å². The number of ether oxygens (including phenoxy) is 1. The van der Waals surface area contributed by atoms with E-state index in [-0.39, 0.29) is 18.5 Å². The molecular formula is C40H74N2O3. The lowest BCUT2D eigenvalue weighted by Gasteiger charge is -2.58. The van der Waals surface area contributed by atoms with E-state index in [0.717, 1.165) is 73.6 Å². The molecule has 0 saturated heterocycles. The van der Waals surface area contributed by atoms with Gasteiger partial charge in [0.2, 0.25) is 0 Å². The molecule has 0 aromatic carbocycles. The highest BCUT2D eigenvalue weighted by atomic mass is 16.5. The lowest BCUT2D eigenvalue weighted by molar-refractivity contribution is -0.117. The number of allylic oxidation sites excluding steroid dienone is 2. The van der Waals surface area contributed by atoms with Crippen LogP contribution >= 0.6 is 0 Å². The summed E-state index contributed by atoms with van der Waals surface area (Å²) in [5.74, 6) is 6.35. The van der Waals surface area contributed by atoms with Crippen molar-refractivity contribution in [3.63, 3.8) is 0 Å². The van der Waals surface area contributed by atoms with Gasteiger partial charge in [0.25, 0.3) is 0 Å². The number of rotatable bonds is 13. The van der Waals surface area contributed by atoms with E-state index in [1.165, 1.54) is 57.8 Å². The number of likely N-dealkylation sites (N-methyl/N-ethyl adjacent to an activating group) is 1. The third-order valence-electron chi connectivity index (χ3n) is 12.2. The number of hydrogen-bond acceptors (Lipinski definition) is 5. The van der Waals surface area contributed by atoms with Gasteiger partial charge in [-0.05, 0) is 125 Å². The summed E-state index contributed by atoms with van der Waals surface area (Å²) in [5.41, 5.74) is 7.63. The van der Waals surface area contributed by atoms with Crippen molar-refractivity contribution in [3.05, 3.63) is 24.0 Å². The van der Waals surface area contributed by atoms with Crippen LogP contribution in [0, 0.1) is 46.3 Å². The lowest BCUT2D eigenvalue weighted by Crippen LogP contribution is -2.51. The number of Topliss-reactive ketones (excluding diaryl/α,β-unsaturated/α-hetero) is 1. The van der Waals surface area contributed by atoms with E-state index in [1.807, 2.05) is 19.0 Å². The molecule has 0 bridgehead atoms. The van der Waals surface area contributed by atoms with Crippen LogP contribution in [0.1, 0.15) is 138 Å². The molecular weight excluding hydrogens is 556 g/mol. The molecule has 8 unspecified atom stereocenters. The molecule has 0 aliphatic heterocycles. The van der Waals surface area contributed by atoms with Crippen molar-refractivity contribution in [1.29, 1.82) is 0 Å². The largest absolute Gasteiger partial charge is 0.495 e. The first-order valence-corrected chi connectivity index (χ1v) is 18.7. The monoisotopic (exact) mass is 631 g/mol. The Hall–Kier alpha value is -1.17. The van der Waals surface area contributed by atoms with Crippen LogP contribution in [0.25, 0.3) is 0 Å². The van der Waals surface area contributed by atoms with Gasteiger partial charge in [0.1, 0.15) is 11.9 Å². The number of nitrogens with two attached hydrogens (primary N) is 1. The van der Waals surface area contributed by atoms with Crippen LogP contribution in [-0.4, -0.2) is 55.7 Å². The molecule has 45 heavy (non-hydrogen) atoms. The predicted octanol–water partition coefficient (Wildman–Crippen LogP) is 9.19. The third kappa shape index (κ3) is 11.2. The first kappa shape index (κ1) is 40.0. The van der Waals surface area contributed by atoms with Crippen molar-refractivity contribution in [1.82, 2.24) is 4.90 Å². The van der Waals surface area contributed by atoms with Gasteiger partial charge in [0.15, 0.2) is 0 Å². The van der Waals surface area contributed by atoms with Gasteiger partial charge < -0.3 is 25.3 Å². The molecule has 0 radical (unpaired) electrons. The van der Waals surface area contributed by atoms with E-state index >= 15 is 0 Å². The normalized spacial score (nSPS) is 32.6. The average molecular weight is 631 g/mol. The second kappa shape index (κ2) is 19.0. The van der Waals surface area contributed by atoms with Crippen LogP contribution < -0.4 is 5.73 Å². The van der Waals surface area contributed by atoms with Crippen molar-refractivity contribution in [2.24, 2.45) is 52.1 Å².